The van der Waals surface area contributed by atoms with Gasteiger partial charge in [0.15, 0.2) is 0 Å². The van der Waals surface area contributed by atoms with Crippen LogP contribution < -0.4 is 9.64 Å². The molecule has 3 nitrogen and oxygen atoms in total. The zero-order valence-electron chi connectivity index (χ0n) is 11.5. The van der Waals surface area contributed by atoms with E-state index in [2.05, 4.69) is 0 Å². The lowest BCUT2D eigenvalue weighted by molar-refractivity contribution is 0.220. The van der Waals surface area contributed by atoms with Crippen LogP contribution in [-0.4, -0.2) is 26.3 Å². The highest BCUT2D eigenvalue weighted by molar-refractivity contribution is 5.49. The minimum absolute atomic E-state index is 0.644. The van der Waals surface area contributed by atoms with Crippen LogP contribution in [-0.2, 0) is 0 Å². The van der Waals surface area contributed by atoms with Crippen LogP contribution in [0, 0.1) is 0 Å². The maximum atomic E-state index is 10.4. The minimum atomic E-state index is -0.644. The molecule has 0 heterocycles. The van der Waals surface area contributed by atoms with Crippen molar-refractivity contribution in [2.24, 2.45) is 0 Å². The van der Waals surface area contributed by atoms with Crippen molar-refractivity contribution in [3.63, 3.8) is 0 Å². The molecule has 19 heavy (non-hydrogen) atoms. The highest BCUT2D eigenvalue weighted by Crippen LogP contribution is 2.27. The third-order valence-electron chi connectivity index (χ3n) is 3.11. The van der Waals surface area contributed by atoms with E-state index in [4.69, 9.17) is 4.74 Å². The highest BCUT2D eigenvalue weighted by atomic mass is 16.5. The van der Waals surface area contributed by atoms with Crippen LogP contribution in [0.15, 0.2) is 48.5 Å². The smallest absolute Gasteiger partial charge is 0.119 e. The fourth-order valence-corrected chi connectivity index (χ4v) is 1.98. The molecule has 2 rings (SSSR count). The molecule has 0 fully saturated rings. The molecule has 0 aliphatic carbocycles. The lowest BCUT2D eigenvalue weighted by Gasteiger charge is -2.17. The summed E-state index contributed by atoms with van der Waals surface area (Å²) in [6, 6.07) is 15.4. The first-order valence-corrected chi connectivity index (χ1v) is 6.21. The molecular formula is C16H19NO2. The van der Waals surface area contributed by atoms with Gasteiger partial charge in [-0.15, -0.1) is 0 Å². The summed E-state index contributed by atoms with van der Waals surface area (Å²) in [5, 5.41) is 10.4. The van der Waals surface area contributed by atoms with Gasteiger partial charge in [0.1, 0.15) is 11.9 Å². The van der Waals surface area contributed by atoms with E-state index in [1.165, 1.54) is 0 Å². The van der Waals surface area contributed by atoms with Crippen LogP contribution in [0.2, 0.25) is 0 Å². The van der Waals surface area contributed by atoms with Gasteiger partial charge in [0.25, 0.3) is 0 Å². The van der Waals surface area contributed by atoms with Crippen LogP contribution in [0.1, 0.15) is 17.2 Å². The van der Waals surface area contributed by atoms with Crippen molar-refractivity contribution in [3.05, 3.63) is 59.7 Å². The SMILES string of the molecule is COc1cccc(C(O)c2cccc(N(C)C)c2)c1. The average Bonchev–Trinajstić information content (AvgIpc) is 2.46. The zero-order chi connectivity index (χ0) is 13.8. The van der Waals surface area contributed by atoms with E-state index in [1.54, 1.807) is 7.11 Å². The first-order valence-electron chi connectivity index (χ1n) is 6.21. The molecule has 0 bridgehead atoms. The summed E-state index contributed by atoms with van der Waals surface area (Å²) in [7, 11) is 5.59. The quantitative estimate of drug-likeness (QED) is 0.914. The number of anilines is 1. The number of aliphatic hydroxyl groups excluding tert-OH is 1. The third-order valence-corrected chi connectivity index (χ3v) is 3.11. The van der Waals surface area contributed by atoms with Gasteiger partial charge in [0, 0.05) is 19.8 Å². The van der Waals surface area contributed by atoms with Gasteiger partial charge in [0.2, 0.25) is 0 Å². The number of aliphatic hydroxyl groups is 1. The molecular weight excluding hydrogens is 238 g/mol. The molecule has 1 atom stereocenters. The summed E-state index contributed by atoms with van der Waals surface area (Å²) < 4.78 is 5.18. The van der Waals surface area contributed by atoms with Crippen LogP contribution in [0.3, 0.4) is 0 Å². The summed E-state index contributed by atoms with van der Waals surface area (Å²) in [6.45, 7) is 0. The molecule has 0 radical (unpaired) electrons. The average molecular weight is 257 g/mol. The normalized spacial score (nSPS) is 12.0. The van der Waals surface area contributed by atoms with Crippen LogP contribution in [0.25, 0.3) is 0 Å². The van der Waals surface area contributed by atoms with Gasteiger partial charge in [-0.25, -0.2) is 0 Å². The van der Waals surface area contributed by atoms with E-state index in [0.29, 0.717) is 0 Å². The summed E-state index contributed by atoms with van der Waals surface area (Å²) >= 11 is 0. The Kier molecular flexibility index (Phi) is 4.07. The Morgan fingerprint density at radius 3 is 2.26 bits per heavy atom. The number of methoxy groups -OCH3 is 1. The zero-order valence-corrected chi connectivity index (χ0v) is 11.5. The second-order valence-corrected chi connectivity index (χ2v) is 4.67. The van der Waals surface area contributed by atoms with E-state index in [9.17, 15) is 5.11 Å². The standard InChI is InChI=1S/C16H19NO2/c1-17(2)14-8-4-6-12(10-14)16(18)13-7-5-9-15(11-13)19-3/h4-11,16,18H,1-3H3. The van der Waals surface area contributed by atoms with Crippen LogP contribution in [0.4, 0.5) is 5.69 Å². The van der Waals surface area contributed by atoms with Gasteiger partial charge in [-0.05, 0) is 35.4 Å². The van der Waals surface area contributed by atoms with Crippen molar-refractivity contribution in [1.82, 2.24) is 0 Å². The van der Waals surface area contributed by atoms with Crippen molar-refractivity contribution in [2.75, 3.05) is 26.1 Å². The van der Waals surface area contributed by atoms with Gasteiger partial charge in [0.05, 0.1) is 7.11 Å². The topological polar surface area (TPSA) is 32.7 Å². The third kappa shape index (κ3) is 3.06. The van der Waals surface area contributed by atoms with E-state index < -0.39 is 6.10 Å². The van der Waals surface area contributed by atoms with Crippen LogP contribution >= 0.6 is 0 Å². The Balaban J connectivity index is 2.32. The predicted octanol–water partition coefficient (Wildman–Crippen LogP) is 2.84. The maximum Gasteiger partial charge on any atom is 0.119 e. The van der Waals surface area contributed by atoms with Crippen molar-refractivity contribution >= 4 is 5.69 Å². The minimum Gasteiger partial charge on any atom is -0.497 e. The Hall–Kier alpha value is -2.00. The van der Waals surface area contributed by atoms with Gasteiger partial charge in [-0.1, -0.05) is 24.3 Å². The highest BCUT2D eigenvalue weighted by Gasteiger charge is 2.12. The van der Waals surface area contributed by atoms with E-state index in [-0.39, 0.29) is 0 Å². The summed E-state index contributed by atoms with van der Waals surface area (Å²) in [6.07, 6.45) is -0.644. The Bertz CT molecular complexity index is 552. The largest absolute Gasteiger partial charge is 0.497 e. The number of ether oxygens (including phenoxy) is 1. The molecule has 0 saturated carbocycles. The lowest BCUT2D eigenvalue weighted by Crippen LogP contribution is -2.09. The molecule has 2 aromatic carbocycles. The Morgan fingerprint density at radius 1 is 1.00 bits per heavy atom. The fraction of sp³-hybridized carbons (Fsp3) is 0.250. The molecule has 0 aliphatic heterocycles. The first kappa shape index (κ1) is 13.4. The Labute approximate surface area is 114 Å². The molecule has 2 aromatic rings. The Morgan fingerprint density at radius 2 is 1.63 bits per heavy atom. The molecule has 0 spiro atoms. The number of hydrogen-bond donors (Lipinski definition) is 1. The van der Waals surface area contributed by atoms with E-state index in [0.717, 1.165) is 22.6 Å². The first-order chi connectivity index (χ1) is 9.11. The molecule has 0 aliphatic rings. The van der Waals surface area contributed by atoms with Gasteiger partial charge in [-0.2, -0.15) is 0 Å². The molecule has 0 aromatic heterocycles. The fourth-order valence-electron chi connectivity index (χ4n) is 1.98. The summed E-state index contributed by atoms with van der Waals surface area (Å²) in [5.41, 5.74) is 2.77. The van der Waals surface area contributed by atoms with Crippen molar-refractivity contribution < 1.29 is 9.84 Å². The molecule has 0 saturated heterocycles. The predicted molar refractivity (Wildman–Crippen MR) is 77.8 cm³/mol. The van der Waals surface area contributed by atoms with E-state index >= 15 is 0 Å². The van der Waals surface area contributed by atoms with Crippen molar-refractivity contribution in [2.45, 2.75) is 6.10 Å². The van der Waals surface area contributed by atoms with E-state index in [1.807, 2.05) is 67.5 Å². The van der Waals surface area contributed by atoms with Crippen molar-refractivity contribution in [1.29, 1.82) is 0 Å². The number of nitrogens with zero attached hydrogens (tertiary/aromatic N) is 1. The molecule has 100 valence electrons. The van der Waals surface area contributed by atoms with Crippen molar-refractivity contribution in [3.8, 4) is 5.75 Å². The monoisotopic (exact) mass is 257 g/mol. The molecule has 1 N–H and O–H groups in total. The number of benzene rings is 2. The van der Waals surface area contributed by atoms with Gasteiger partial charge in [-0.3, -0.25) is 0 Å². The molecule has 3 heteroatoms. The second kappa shape index (κ2) is 5.76. The maximum absolute atomic E-state index is 10.4. The summed E-state index contributed by atoms with van der Waals surface area (Å²) in [4.78, 5) is 2.02. The van der Waals surface area contributed by atoms with Crippen LogP contribution in [0.5, 0.6) is 5.75 Å². The summed E-state index contributed by atoms with van der Waals surface area (Å²) in [5.74, 6) is 0.750. The number of hydrogen-bond acceptors (Lipinski definition) is 3. The second-order valence-electron chi connectivity index (χ2n) is 4.67. The molecule has 0 amide bonds. The lowest BCUT2D eigenvalue weighted by atomic mass is 10.0. The number of rotatable bonds is 4. The molecule has 1 unspecified atom stereocenters. The van der Waals surface area contributed by atoms with Gasteiger partial charge < -0.3 is 14.7 Å². The van der Waals surface area contributed by atoms with Gasteiger partial charge >= 0.3 is 0 Å².